The molecule has 1 atom stereocenters. The van der Waals surface area contributed by atoms with Gasteiger partial charge < -0.3 is 14.7 Å². The summed E-state index contributed by atoms with van der Waals surface area (Å²) in [5.41, 5.74) is 2.80. The first-order valence-electron chi connectivity index (χ1n) is 9.74. The van der Waals surface area contributed by atoms with Crippen LogP contribution in [0, 0.1) is 12.3 Å². The van der Waals surface area contributed by atoms with E-state index in [1.807, 2.05) is 68.3 Å². The Morgan fingerprint density at radius 3 is 2.46 bits per heavy atom. The second-order valence-corrected chi connectivity index (χ2v) is 8.63. The molecule has 1 fully saturated rings. The lowest BCUT2D eigenvalue weighted by molar-refractivity contribution is 0.0730. The average Bonchev–Trinajstić information content (AvgIpc) is 2.99. The number of rotatable bonds is 5. The van der Waals surface area contributed by atoms with Crippen LogP contribution in [-0.4, -0.2) is 73.5 Å². The van der Waals surface area contributed by atoms with Crippen molar-refractivity contribution < 1.29 is 4.79 Å². The van der Waals surface area contributed by atoms with E-state index in [4.69, 9.17) is 0 Å². The highest BCUT2D eigenvalue weighted by Gasteiger charge is 2.34. The standard InChI is InChI=1S/C22H31N5O/c1-16-13-23-19(24-20(16)25(3)4)17-7-9-18(10-8-17)21(28)27(6)15-22(2)11-12-26(5)14-22/h7-10,13H,11-12,14-15H2,1-6H3/t22-/m0/s1. The van der Waals surface area contributed by atoms with Crippen LogP contribution in [0.3, 0.4) is 0 Å². The van der Waals surface area contributed by atoms with E-state index in [0.29, 0.717) is 11.4 Å². The number of likely N-dealkylation sites (tertiary alicyclic amines) is 1. The molecule has 6 heteroatoms. The number of carbonyl (C=O) groups is 1. The normalized spacial score (nSPS) is 19.6. The van der Waals surface area contributed by atoms with E-state index in [1.165, 1.54) is 0 Å². The van der Waals surface area contributed by atoms with Crippen molar-refractivity contribution in [1.29, 1.82) is 0 Å². The van der Waals surface area contributed by atoms with Crippen molar-refractivity contribution in [2.75, 3.05) is 52.7 Å². The minimum Gasteiger partial charge on any atom is -0.362 e. The number of hydrogen-bond acceptors (Lipinski definition) is 5. The minimum atomic E-state index is 0.0566. The largest absolute Gasteiger partial charge is 0.362 e. The number of anilines is 1. The number of aryl methyl sites for hydroxylation is 1. The second kappa shape index (κ2) is 7.87. The van der Waals surface area contributed by atoms with Gasteiger partial charge in [0.05, 0.1) is 0 Å². The molecule has 3 rings (SSSR count). The molecule has 0 spiro atoms. The molecule has 0 saturated carbocycles. The third-order valence-corrected chi connectivity index (χ3v) is 5.47. The molecular weight excluding hydrogens is 350 g/mol. The first kappa shape index (κ1) is 20.3. The van der Waals surface area contributed by atoms with Crippen LogP contribution in [0.1, 0.15) is 29.3 Å². The van der Waals surface area contributed by atoms with Crippen LogP contribution in [0.15, 0.2) is 30.5 Å². The highest BCUT2D eigenvalue weighted by atomic mass is 16.2. The van der Waals surface area contributed by atoms with Gasteiger partial charge in [0.1, 0.15) is 5.82 Å². The van der Waals surface area contributed by atoms with Gasteiger partial charge >= 0.3 is 0 Å². The Morgan fingerprint density at radius 2 is 1.89 bits per heavy atom. The maximum Gasteiger partial charge on any atom is 0.253 e. The summed E-state index contributed by atoms with van der Waals surface area (Å²) >= 11 is 0. The van der Waals surface area contributed by atoms with Crippen LogP contribution in [-0.2, 0) is 0 Å². The molecule has 1 aliphatic rings. The van der Waals surface area contributed by atoms with Gasteiger partial charge in [-0.25, -0.2) is 9.97 Å². The zero-order valence-electron chi connectivity index (χ0n) is 17.9. The van der Waals surface area contributed by atoms with Crippen molar-refractivity contribution in [3.63, 3.8) is 0 Å². The zero-order chi connectivity index (χ0) is 20.5. The van der Waals surface area contributed by atoms with Gasteiger partial charge in [-0.1, -0.05) is 19.1 Å². The summed E-state index contributed by atoms with van der Waals surface area (Å²) in [5.74, 6) is 1.63. The zero-order valence-corrected chi connectivity index (χ0v) is 17.9. The van der Waals surface area contributed by atoms with Crippen LogP contribution in [0.2, 0.25) is 0 Å². The maximum atomic E-state index is 12.9. The van der Waals surface area contributed by atoms with E-state index in [1.54, 1.807) is 0 Å². The van der Waals surface area contributed by atoms with E-state index in [0.717, 1.165) is 43.0 Å². The maximum absolute atomic E-state index is 12.9. The SMILES string of the molecule is Cc1cnc(-c2ccc(C(=O)N(C)C[C@@]3(C)CCN(C)C3)cc2)nc1N(C)C. The quantitative estimate of drug-likeness (QED) is 0.797. The predicted octanol–water partition coefficient (Wildman–Crippen LogP) is 2.93. The highest BCUT2D eigenvalue weighted by molar-refractivity contribution is 5.94. The Balaban J connectivity index is 1.73. The minimum absolute atomic E-state index is 0.0566. The fourth-order valence-electron chi connectivity index (χ4n) is 4.05. The Morgan fingerprint density at radius 1 is 1.21 bits per heavy atom. The molecule has 0 aliphatic carbocycles. The van der Waals surface area contributed by atoms with Crippen LogP contribution in [0.5, 0.6) is 0 Å². The summed E-state index contributed by atoms with van der Waals surface area (Å²) in [5, 5.41) is 0. The summed E-state index contributed by atoms with van der Waals surface area (Å²) < 4.78 is 0. The van der Waals surface area contributed by atoms with E-state index in [2.05, 4.69) is 28.8 Å². The Kier molecular flexibility index (Phi) is 5.70. The number of aromatic nitrogens is 2. The number of carbonyl (C=O) groups excluding carboxylic acids is 1. The lowest BCUT2D eigenvalue weighted by Crippen LogP contribution is -2.38. The fourth-order valence-corrected chi connectivity index (χ4v) is 4.05. The monoisotopic (exact) mass is 381 g/mol. The number of amides is 1. The van der Waals surface area contributed by atoms with Gasteiger partial charge in [0.2, 0.25) is 0 Å². The average molecular weight is 382 g/mol. The molecule has 2 heterocycles. The van der Waals surface area contributed by atoms with Gasteiger partial charge in [-0.2, -0.15) is 0 Å². The van der Waals surface area contributed by atoms with E-state index >= 15 is 0 Å². The summed E-state index contributed by atoms with van der Waals surface area (Å²) in [7, 11) is 7.98. The molecule has 1 amide bonds. The topological polar surface area (TPSA) is 52.6 Å². The van der Waals surface area contributed by atoms with Gasteiger partial charge in [0, 0.05) is 57.1 Å². The first-order chi connectivity index (χ1) is 13.2. The van der Waals surface area contributed by atoms with Crippen molar-refractivity contribution >= 4 is 11.7 Å². The van der Waals surface area contributed by atoms with E-state index in [-0.39, 0.29) is 11.3 Å². The fraction of sp³-hybridized carbons (Fsp3) is 0.500. The van der Waals surface area contributed by atoms with Crippen molar-refractivity contribution in [3.8, 4) is 11.4 Å². The summed E-state index contributed by atoms with van der Waals surface area (Å²) in [6, 6.07) is 7.60. The van der Waals surface area contributed by atoms with Crippen molar-refractivity contribution in [2.24, 2.45) is 5.41 Å². The molecule has 0 radical (unpaired) electrons. The summed E-state index contributed by atoms with van der Waals surface area (Å²) in [6.07, 6.45) is 2.96. The molecule has 2 aromatic rings. The number of benzene rings is 1. The highest BCUT2D eigenvalue weighted by Crippen LogP contribution is 2.30. The van der Waals surface area contributed by atoms with Crippen molar-refractivity contribution in [2.45, 2.75) is 20.3 Å². The third-order valence-electron chi connectivity index (χ3n) is 5.47. The molecular formula is C22H31N5O. The Hall–Kier alpha value is -2.47. The lowest BCUT2D eigenvalue weighted by Gasteiger charge is -2.30. The van der Waals surface area contributed by atoms with Gasteiger partial charge in [-0.05, 0) is 44.5 Å². The molecule has 28 heavy (non-hydrogen) atoms. The first-order valence-corrected chi connectivity index (χ1v) is 9.74. The Labute approximate surface area is 168 Å². The summed E-state index contributed by atoms with van der Waals surface area (Å²) in [6.45, 7) is 7.16. The molecule has 0 bridgehead atoms. The van der Waals surface area contributed by atoms with Crippen LogP contribution >= 0.6 is 0 Å². The van der Waals surface area contributed by atoms with Crippen molar-refractivity contribution in [1.82, 2.24) is 19.8 Å². The predicted molar refractivity (Wildman–Crippen MR) is 114 cm³/mol. The van der Waals surface area contributed by atoms with Crippen molar-refractivity contribution in [3.05, 3.63) is 41.6 Å². The molecule has 1 saturated heterocycles. The molecule has 0 unspecified atom stereocenters. The molecule has 150 valence electrons. The molecule has 1 aliphatic heterocycles. The smallest absolute Gasteiger partial charge is 0.253 e. The lowest BCUT2D eigenvalue weighted by atomic mass is 9.89. The number of nitrogens with zero attached hydrogens (tertiary/aromatic N) is 5. The van der Waals surface area contributed by atoms with E-state index < -0.39 is 0 Å². The third kappa shape index (κ3) is 4.33. The molecule has 1 aromatic carbocycles. The van der Waals surface area contributed by atoms with Gasteiger partial charge in [-0.15, -0.1) is 0 Å². The molecule has 6 nitrogen and oxygen atoms in total. The van der Waals surface area contributed by atoms with Crippen LogP contribution < -0.4 is 4.90 Å². The van der Waals surface area contributed by atoms with Gasteiger partial charge in [0.25, 0.3) is 5.91 Å². The van der Waals surface area contributed by atoms with Crippen LogP contribution in [0.4, 0.5) is 5.82 Å². The summed E-state index contributed by atoms with van der Waals surface area (Å²) in [4.78, 5) is 28.1. The number of hydrogen-bond donors (Lipinski definition) is 0. The molecule has 0 N–H and O–H groups in total. The second-order valence-electron chi connectivity index (χ2n) is 8.63. The van der Waals surface area contributed by atoms with Gasteiger partial charge in [0.15, 0.2) is 5.82 Å². The Bertz CT molecular complexity index is 849. The van der Waals surface area contributed by atoms with Gasteiger partial charge in [-0.3, -0.25) is 4.79 Å². The molecule has 1 aromatic heterocycles. The van der Waals surface area contributed by atoms with Crippen LogP contribution in [0.25, 0.3) is 11.4 Å². The van der Waals surface area contributed by atoms with E-state index in [9.17, 15) is 4.79 Å².